The fourth-order valence-electron chi connectivity index (χ4n) is 3.46. The minimum Gasteiger partial charge on any atom is -0.488 e. The first kappa shape index (κ1) is 22.6. The first-order valence-corrected chi connectivity index (χ1v) is 9.91. The van der Waals surface area contributed by atoms with E-state index in [-0.39, 0.29) is 29.4 Å². The van der Waals surface area contributed by atoms with E-state index in [0.29, 0.717) is 22.6 Å². The molecule has 1 heterocycles. The number of ether oxygens (including phenoxy) is 1. The molecule has 9 nitrogen and oxygen atoms in total. The Labute approximate surface area is 192 Å². The molecule has 0 fully saturated rings. The summed E-state index contributed by atoms with van der Waals surface area (Å²) >= 11 is 0. The van der Waals surface area contributed by atoms with Crippen molar-refractivity contribution < 1.29 is 23.2 Å². The zero-order valence-electron chi connectivity index (χ0n) is 17.4. The molecule has 0 saturated carbocycles. The number of nitrogens with zero attached hydrogens (tertiary/aromatic N) is 4. The van der Waals surface area contributed by atoms with Gasteiger partial charge in [-0.25, -0.2) is 0 Å². The minimum atomic E-state index is -2.98. The molecule has 1 aliphatic heterocycles. The summed E-state index contributed by atoms with van der Waals surface area (Å²) < 4.78 is 34.5. The van der Waals surface area contributed by atoms with Gasteiger partial charge in [-0.05, 0) is 36.4 Å². The molecule has 0 aliphatic carbocycles. The third-order valence-electron chi connectivity index (χ3n) is 5.03. The van der Waals surface area contributed by atoms with Crippen LogP contribution in [0.5, 0.6) is 5.75 Å². The van der Waals surface area contributed by atoms with Crippen molar-refractivity contribution in [3.05, 3.63) is 104 Å². The van der Waals surface area contributed by atoms with Gasteiger partial charge in [0.1, 0.15) is 12.4 Å². The number of para-hydroxylation sites is 1. The first-order chi connectivity index (χ1) is 16.3. The van der Waals surface area contributed by atoms with Crippen LogP contribution in [0.1, 0.15) is 5.56 Å². The summed E-state index contributed by atoms with van der Waals surface area (Å²) in [6.45, 7) is -0.0565. The number of hydrogen-bond acceptors (Lipinski definition) is 7. The van der Waals surface area contributed by atoms with Crippen LogP contribution in [0.3, 0.4) is 0 Å². The van der Waals surface area contributed by atoms with Gasteiger partial charge in [-0.2, -0.15) is 0 Å². The molecule has 0 bridgehead atoms. The van der Waals surface area contributed by atoms with Gasteiger partial charge in [-0.1, -0.05) is 12.1 Å². The van der Waals surface area contributed by atoms with Crippen LogP contribution in [0.2, 0.25) is 0 Å². The van der Waals surface area contributed by atoms with Crippen LogP contribution in [-0.2, 0) is 0 Å². The molecule has 34 heavy (non-hydrogen) atoms. The van der Waals surface area contributed by atoms with Gasteiger partial charge in [-0.3, -0.25) is 33.9 Å². The molecule has 1 aliphatic rings. The largest absolute Gasteiger partial charge is 0.678 e. The quantitative estimate of drug-likeness (QED) is 0.199. The van der Waals surface area contributed by atoms with Gasteiger partial charge in [-0.15, -0.1) is 0 Å². The number of hydrogen-bond donors (Lipinski definition) is 0. The SMILES string of the molecule is O=[N+]([O-])c1ccc(N=CC2=C(N(B(F)F)c3ccc([N+](=O)[O-])cc3)c3ccccc3OC2)cc1. The van der Waals surface area contributed by atoms with Crippen molar-refractivity contribution in [2.75, 3.05) is 11.4 Å². The van der Waals surface area contributed by atoms with Crippen LogP contribution in [0, 0.1) is 20.2 Å². The Hall–Kier alpha value is -4.61. The van der Waals surface area contributed by atoms with Crippen molar-refractivity contribution in [3.63, 3.8) is 0 Å². The molecule has 0 unspecified atom stereocenters. The van der Waals surface area contributed by atoms with Crippen molar-refractivity contribution in [3.8, 4) is 5.75 Å². The van der Waals surface area contributed by atoms with E-state index in [1.54, 1.807) is 24.3 Å². The molecule has 0 N–H and O–H groups in total. The zero-order valence-corrected chi connectivity index (χ0v) is 17.4. The van der Waals surface area contributed by atoms with Gasteiger partial charge in [0.2, 0.25) is 0 Å². The lowest BCUT2D eigenvalue weighted by atomic mass is 9.96. The van der Waals surface area contributed by atoms with Gasteiger partial charge in [0.15, 0.2) is 0 Å². The van der Waals surface area contributed by atoms with Crippen LogP contribution in [0.15, 0.2) is 83.4 Å². The lowest BCUT2D eigenvalue weighted by molar-refractivity contribution is -0.385. The Morgan fingerprint density at radius 3 is 2.09 bits per heavy atom. The molecule has 0 aromatic heterocycles. The van der Waals surface area contributed by atoms with E-state index < -0.39 is 17.2 Å². The summed E-state index contributed by atoms with van der Waals surface area (Å²) in [6, 6.07) is 16.9. The van der Waals surface area contributed by atoms with E-state index in [9.17, 15) is 28.9 Å². The highest BCUT2D eigenvalue weighted by Gasteiger charge is 2.34. The molecule has 0 spiro atoms. The highest BCUT2D eigenvalue weighted by atomic mass is 19.2. The van der Waals surface area contributed by atoms with Crippen LogP contribution < -0.4 is 9.55 Å². The molecule has 3 aromatic rings. The highest BCUT2D eigenvalue weighted by molar-refractivity contribution is 6.52. The van der Waals surface area contributed by atoms with E-state index in [1.165, 1.54) is 42.6 Å². The zero-order chi connectivity index (χ0) is 24.2. The number of non-ortho nitro benzene ring substituents is 2. The standard InChI is InChI=1S/C22H15BF2N4O5/c24-23(25)27(17-9-11-19(12-10-17)29(32)33)22-15(14-34-21-4-2-1-3-20(21)22)13-26-16-5-7-18(8-6-16)28(30)31/h1-13H,14H2. The number of rotatable bonds is 7. The van der Waals surface area contributed by atoms with Gasteiger partial charge in [0.05, 0.1) is 21.2 Å². The number of fused-ring (bicyclic) bond motifs is 1. The first-order valence-electron chi connectivity index (χ1n) is 9.91. The highest BCUT2D eigenvalue weighted by Crippen LogP contribution is 2.38. The molecule has 4 rings (SSSR count). The molecular formula is C22H15BF2N4O5. The predicted octanol–water partition coefficient (Wildman–Crippen LogP) is 5.44. The Morgan fingerprint density at radius 2 is 1.50 bits per heavy atom. The molecule has 0 radical (unpaired) electrons. The van der Waals surface area contributed by atoms with Gasteiger partial charge < -0.3 is 9.55 Å². The number of nitro groups is 2. The van der Waals surface area contributed by atoms with Crippen LogP contribution >= 0.6 is 0 Å². The maximum atomic E-state index is 14.4. The minimum absolute atomic E-state index is 0.0496. The van der Waals surface area contributed by atoms with Gasteiger partial charge >= 0.3 is 7.40 Å². The lowest BCUT2D eigenvalue weighted by Gasteiger charge is -2.31. The number of benzene rings is 3. The number of nitro benzene ring substituents is 2. The normalized spacial score (nSPS) is 12.8. The second kappa shape index (κ2) is 9.49. The van der Waals surface area contributed by atoms with Crippen LogP contribution in [0.4, 0.5) is 31.4 Å². The second-order valence-corrected chi connectivity index (χ2v) is 7.11. The molecule has 0 amide bonds. The fourth-order valence-corrected chi connectivity index (χ4v) is 3.46. The molecular weight excluding hydrogens is 449 g/mol. The fraction of sp³-hybridized carbons (Fsp3) is 0.0455. The average Bonchev–Trinajstić information content (AvgIpc) is 2.84. The second-order valence-electron chi connectivity index (χ2n) is 7.11. The van der Waals surface area contributed by atoms with E-state index in [2.05, 4.69) is 4.99 Å². The smallest absolute Gasteiger partial charge is 0.488 e. The number of anilines is 1. The van der Waals surface area contributed by atoms with Crippen molar-refractivity contribution >= 4 is 42.1 Å². The average molecular weight is 464 g/mol. The van der Waals surface area contributed by atoms with Crippen molar-refractivity contribution in [2.24, 2.45) is 4.99 Å². The summed E-state index contributed by atoms with van der Waals surface area (Å²) in [7, 11) is -2.98. The third-order valence-corrected chi connectivity index (χ3v) is 5.03. The summed E-state index contributed by atoms with van der Waals surface area (Å²) in [4.78, 5) is 25.7. The number of halogens is 2. The van der Waals surface area contributed by atoms with Crippen molar-refractivity contribution in [2.45, 2.75) is 0 Å². The molecule has 3 aromatic carbocycles. The van der Waals surface area contributed by atoms with Crippen LogP contribution in [-0.4, -0.2) is 30.1 Å². The van der Waals surface area contributed by atoms with Crippen molar-refractivity contribution in [1.82, 2.24) is 0 Å². The molecule has 0 atom stereocenters. The topological polar surface area (TPSA) is 111 Å². The summed E-state index contributed by atoms with van der Waals surface area (Å²) in [5.74, 6) is 0.401. The van der Waals surface area contributed by atoms with E-state index in [1.807, 2.05) is 0 Å². The van der Waals surface area contributed by atoms with Crippen LogP contribution in [0.25, 0.3) is 5.70 Å². The third kappa shape index (κ3) is 4.60. The van der Waals surface area contributed by atoms with Gasteiger partial charge in [0, 0.05) is 47.3 Å². The van der Waals surface area contributed by atoms with Gasteiger partial charge in [0.25, 0.3) is 11.4 Å². The maximum absolute atomic E-state index is 14.4. The monoisotopic (exact) mass is 464 g/mol. The van der Waals surface area contributed by atoms with E-state index in [0.717, 1.165) is 16.9 Å². The Kier molecular flexibility index (Phi) is 6.30. The summed E-state index contributed by atoms with van der Waals surface area (Å²) in [5.41, 5.74) is 0.975. The maximum Gasteiger partial charge on any atom is 0.678 e. The van der Waals surface area contributed by atoms with Crippen molar-refractivity contribution in [1.29, 1.82) is 0 Å². The Balaban J connectivity index is 1.81. The lowest BCUT2D eigenvalue weighted by Crippen LogP contribution is -2.34. The molecule has 170 valence electrons. The predicted molar refractivity (Wildman–Crippen MR) is 124 cm³/mol. The Bertz CT molecular complexity index is 1300. The summed E-state index contributed by atoms with van der Waals surface area (Å²) in [6.07, 6.45) is 1.37. The summed E-state index contributed by atoms with van der Waals surface area (Å²) in [5, 5.41) is 21.8. The molecule has 12 heteroatoms. The Morgan fingerprint density at radius 1 is 0.912 bits per heavy atom. The number of aliphatic imine (C=N–C) groups is 1. The van der Waals surface area contributed by atoms with E-state index >= 15 is 0 Å². The van der Waals surface area contributed by atoms with E-state index in [4.69, 9.17) is 4.74 Å². The molecule has 0 saturated heterocycles.